The molecule has 0 amide bonds. The van der Waals surface area contributed by atoms with Crippen molar-refractivity contribution in [1.29, 1.82) is 0 Å². The van der Waals surface area contributed by atoms with Gasteiger partial charge in [-0.3, -0.25) is 10.1 Å². The molecule has 0 saturated heterocycles. The van der Waals surface area contributed by atoms with Crippen LogP contribution in [-0.4, -0.2) is 15.1 Å². The Morgan fingerprint density at radius 2 is 2.25 bits per heavy atom. The summed E-state index contributed by atoms with van der Waals surface area (Å²) in [5, 5.41) is 14.2. The molecule has 0 fully saturated rings. The topological polar surface area (TPSA) is 82.1 Å². The molecule has 0 bridgehead atoms. The van der Waals surface area contributed by atoms with Crippen molar-refractivity contribution in [3.05, 3.63) is 38.6 Å². The number of nitro benzene ring substituents is 1. The zero-order valence-electron chi connectivity index (χ0n) is 8.18. The second kappa shape index (κ2) is 4.01. The first-order chi connectivity index (χ1) is 7.58. The van der Waals surface area contributed by atoms with Crippen molar-refractivity contribution in [2.75, 3.05) is 0 Å². The Balaban J connectivity index is 2.45. The smallest absolute Gasteiger partial charge is 0.283 e. The van der Waals surface area contributed by atoms with Crippen LogP contribution in [0.4, 0.5) is 5.69 Å². The van der Waals surface area contributed by atoms with Gasteiger partial charge in [0.05, 0.1) is 9.40 Å². The molecule has 7 heteroatoms. The molecule has 0 unspecified atom stereocenters. The summed E-state index contributed by atoms with van der Waals surface area (Å²) in [7, 11) is 0. The van der Waals surface area contributed by atoms with Crippen LogP contribution >= 0.6 is 15.9 Å². The highest BCUT2D eigenvalue weighted by Crippen LogP contribution is 2.29. The number of nitrogens with zero attached hydrogens (tertiary/aromatic N) is 3. The van der Waals surface area contributed by atoms with Gasteiger partial charge in [-0.15, -0.1) is 0 Å². The molecule has 0 aliphatic heterocycles. The van der Waals surface area contributed by atoms with Gasteiger partial charge >= 0.3 is 0 Å². The Hall–Kier alpha value is -1.76. The molecule has 2 aromatic rings. The summed E-state index contributed by atoms with van der Waals surface area (Å²) in [6, 6.07) is 4.53. The van der Waals surface area contributed by atoms with Crippen molar-refractivity contribution in [1.82, 2.24) is 10.1 Å². The number of rotatable bonds is 2. The van der Waals surface area contributed by atoms with E-state index in [1.807, 2.05) is 0 Å². The fraction of sp³-hybridized carbons (Fsp3) is 0.111. The monoisotopic (exact) mass is 283 g/mol. The molecule has 0 atom stereocenters. The van der Waals surface area contributed by atoms with Gasteiger partial charge in [0.15, 0.2) is 5.82 Å². The van der Waals surface area contributed by atoms with E-state index < -0.39 is 4.92 Å². The lowest BCUT2D eigenvalue weighted by molar-refractivity contribution is -0.385. The average molecular weight is 284 g/mol. The van der Waals surface area contributed by atoms with Crippen LogP contribution in [0.25, 0.3) is 11.5 Å². The lowest BCUT2D eigenvalue weighted by atomic mass is 10.2. The lowest BCUT2D eigenvalue weighted by Crippen LogP contribution is -1.89. The van der Waals surface area contributed by atoms with Gasteiger partial charge in [0.2, 0.25) is 0 Å². The maximum Gasteiger partial charge on any atom is 0.283 e. The van der Waals surface area contributed by atoms with Gasteiger partial charge in [-0.05, 0) is 35.0 Å². The number of aryl methyl sites for hydroxylation is 1. The Morgan fingerprint density at radius 1 is 1.50 bits per heavy atom. The third-order valence-electron chi connectivity index (χ3n) is 1.92. The molecule has 16 heavy (non-hydrogen) atoms. The van der Waals surface area contributed by atoms with E-state index in [4.69, 9.17) is 4.52 Å². The van der Waals surface area contributed by atoms with Crippen molar-refractivity contribution < 1.29 is 9.45 Å². The van der Waals surface area contributed by atoms with Crippen LogP contribution in [0.1, 0.15) is 5.82 Å². The first-order valence-electron chi connectivity index (χ1n) is 4.32. The highest BCUT2D eigenvalue weighted by molar-refractivity contribution is 9.10. The molecular weight excluding hydrogens is 278 g/mol. The first-order valence-corrected chi connectivity index (χ1v) is 5.12. The molecule has 1 heterocycles. The Kier molecular flexibility index (Phi) is 2.69. The molecule has 6 nitrogen and oxygen atoms in total. The number of hydrogen-bond donors (Lipinski definition) is 0. The molecule has 0 aliphatic carbocycles. The molecule has 2 rings (SSSR count). The van der Waals surface area contributed by atoms with Crippen LogP contribution in [0, 0.1) is 17.0 Å². The number of aromatic nitrogens is 2. The van der Waals surface area contributed by atoms with E-state index in [1.54, 1.807) is 19.1 Å². The molecule has 82 valence electrons. The van der Waals surface area contributed by atoms with Gasteiger partial charge in [0, 0.05) is 11.6 Å². The SMILES string of the molecule is Cc1noc(-c2ccc([N+](=O)[O-])c(Br)c2)n1. The van der Waals surface area contributed by atoms with Crippen LogP contribution in [0.3, 0.4) is 0 Å². The minimum absolute atomic E-state index is 0.0000118. The predicted octanol–water partition coefficient (Wildman–Crippen LogP) is 2.72. The second-order valence-electron chi connectivity index (χ2n) is 3.07. The Morgan fingerprint density at radius 3 is 2.75 bits per heavy atom. The number of benzene rings is 1. The third-order valence-corrected chi connectivity index (χ3v) is 2.55. The summed E-state index contributed by atoms with van der Waals surface area (Å²) >= 11 is 3.12. The van der Waals surface area contributed by atoms with Gasteiger partial charge in [0.1, 0.15) is 0 Å². The van der Waals surface area contributed by atoms with Gasteiger partial charge < -0.3 is 4.52 Å². The normalized spacial score (nSPS) is 10.4. The molecule has 0 radical (unpaired) electrons. The molecular formula is C9H6BrN3O3. The lowest BCUT2D eigenvalue weighted by Gasteiger charge is -1.97. The first kappa shape index (κ1) is 10.7. The zero-order chi connectivity index (χ0) is 11.7. The third kappa shape index (κ3) is 1.94. The summed E-state index contributed by atoms with van der Waals surface area (Å²) in [6.07, 6.45) is 0. The predicted molar refractivity (Wildman–Crippen MR) is 58.8 cm³/mol. The summed E-state index contributed by atoms with van der Waals surface area (Å²) in [4.78, 5) is 14.2. The van der Waals surface area contributed by atoms with Crippen molar-refractivity contribution in [2.24, 2.45) is 0 Å². The second-order valence-corrected chi connectivity index (χ2v) is 3.92. The molecule has 0 N–H and O–H groups in total. The fourth-order valence-corrected chi connectivity index (χ4v) is 1.73. The standard InChI is InChI=1S/C9H6BrN3O3/c1-5-11-9(16-12-5)6-2-3-8(13(14)15)7(10)4-6/h2-4H,1H3. The van der Waals surface area contributed by atoms with Crippen molar-refractivity contribution >= 4 is 21.6 Å². The van der Waals surface area contributed by atoms with E-state index >= 15 is 0 Å². The number of halogens is 1. The van der Waals surface area contributed by atoms with Crippen LogP contribution in [0.5, 0.6) is 0 Å². The highest BCUT2D eigenvalue weighted by atomic mass is 79.9. The largest absolute Gasteiger partial charge is 0.334 e. The Bertz CT molecular complexity index is 553. The number of hydrogen-bond acceptors (Lipinski definition) is 5. The van der Waals surface area contributed by atoms with Gasteiger partial charge in [0.25, 0.3) is 11.6 Å². The van der Waals surface area contributed by atoms with Crippen molar-refractivity contribution in [2.45, 2.75) is 6.92 Å². The highest BCUT2D eigenvalue weighted by Gasteiger charge is 2.14. The molecule has 1 aromatic carbocycles. The molecule has 0 aliphatic rings. The van der Waals surface area contributed by atoms with E-state index in [9.17, 15) is 10.1 Å². The quantitative estimate of drug-likeness (QED) is 0.625. The van der Waals surface area contributed by atoms with E-state index in [0.29, 0.717) is 21.8 Å². The van der Waals surface area contributed by atoms with E-state index in [1.165, 1.54) is 6.07 Å². The van der Waals surface area contributed by atoms with Gasteiger partial charge in [-0.25, -0.2) is 0 Å². The van der Waals surface area contributed by atoms with Crippen molar-refractivity contribution in [3.8, 4) is 11.5 Å². The van der Waals surface area contributed by atoms with E-state index in [0.717, 1.165) is 0 Å². The van der Waals surface area contributed by atoms with E-state index in [-0.39, 0.29) is 5.69 Å². The van der Waals surface area contributed by atoms with Gasteiger partial charge in [-0.1, -0.05) is 5.16 Å². The van der Waals surface area contributed by atoms with Crippen LogP contribution in [0.2, 0.25) is 0 Å². The van der Waals surface area contributed by atoms with E-state index in [2.05, 4.69) is 26.1 Å². The van der Waals surface area contributed by atoms with Crippen molar-refractivity contribution in [3.63, 3.8) is 0 Å². The number of nitro groups is 1. The van der Waals surface area contributed by atoms with Crippen LogP contribution in [0.15, 0.2) is 27.2 Å². The maximum absolute atomic E-state index is 10.6. The average Bonchev–Trinajstić information content (AvgIpc) is 2.64. The van der Waals surface area contributed by atoms with Gasteiger partial charge in [-0.2, -0.15) is 4.98 Å². The summed E-state index contributed by atoms with van der Waals surface area (Å²) in [6.45, 7) is 1.70. The van der Waals surface area contributed by atoms with Crippen LogP contribution in [-0.2, 0) is 0 Å². The minimum atomic E-state index is -0.465. The fourth-order valence-electron chi connectivity index (χ4n) is 1.20. The molecule has 0 spiro atoms. The summed E-state index contributed by atoms with van der Waals surface area (Å²) < 4.78 is 5.33. The molecule has 0 saturated carbocycles. The zero-order valence-corrected chi connectivity index (χ0v) is 9.76. The molecule has 1 aromatic heterocycles. The maximum atomic E-state index is 10.6. The Labute approximate surface area is 98.6 Å². The summed E-state index contributed by atoms with van der Waals surface area (Å²) in [5.41, 5.74) is 0.637. The van der Waals surface area contributed by atoms with Crippen LogP contribution < -0.4 is 0 Å². The summed E-state index contributed by atoms with van der Waals surface area (Å²) in [5.74, 6) is 0.859. The minimum Gasteiger partial charge on any atom is -0.334 e.